The highest BCUT2D eigenvalue weighted by molar-refractivity contribution is 5.94. The summed E-state index contributed by atoms with van der Waals surface area (Å²) in [6.07, 6.45) is 13.1. The van der Waals surface area contributed by atoms with Gasteiger partial charge in [0.05, 0.1) is 11.2 Å². The number of terminal acetylenes is 1. The highest BCUT2D eigenvalue weighted by Gasteiger charge is 2.28. The molecule has 1 aromatic carbocycles. The Kier molecular flexibility index (Phi) is 5.25. The largest absolute Gasteiger partial charge is 0.382 e. The fraction of sp³-hybridized carbons (Fsp3) is 0.320. The average molecular weight is 445 g/mol. The van der Waals surface area contributed by atoms with E-state index < -0.39 is 0 Å². The minimum absolute atomic E-state index is 0.00626. The number of anilines is 1. The van der Waals surface area contributed by atoms with Crippen molar-refractivity contribution in [3.8, 4) is 23.7 Å². The number of nitrogens with two attached hydrogens (primary N) is 1. The quantitative estimate of drug-likeness (QED) is 0.414. The molecule has 0 radical (unpaired) electrons. The van der Waals surface area contributed by atoms with Gasteiger partial charge in [-0.1, -0.05) is 5.92 Å². The van der Waals surface area contributed by atoms with E-state index in [9.17, 15) is 9.18 Å². The molecule has 1 aliphatic rings. The number of fused-ring (bicyclic) bond motifs is 2. The molecule has 0 aliphatic heterocycles. The molecule has 5 rings (SSSR count). The average Bonchev–Trinajstić information content (AvgIpc) is 3.42. The summed E-state index contributed by atoms with van der Waals surface area (Å²) in [7, 11) is 0. The van der Waals surface area contributed by atoms with Crippen molar-refractivity contribution in [2.75, 3.05) is 12.3 Å². The molecule has 33 heavy (non-hydrogen) atoms. The molecule has 3 heterocycles. The highest BCUT2D eigenvalue weighted by Crippen LogP contribution is 2.39. The summed E-state index contributed by atoms with van der Waals surface area (Å²) in [4.78, 5) is 23.8. The lowest BCUT2D eigenvalue weighted by Gasteiger charge is -2.27. The Bertz CT molecular complexity index is 1400. The molecule has 1 amide bonds. The number of carbonyl (C=O) groups excluding carboxylic acids is 1. The predicted octanol–water partition coefficient (Wildman–Crippen LogP) is 3.99. The normalized spacial score (nSPS) is 18.5. The summed E-state index contributed by atoms with van der Waals surface area (Å²) < 4.78 is 16.5. The van der Waals surface area contributed by atoms with Crippen molar-refractivity contribution in [2.24, 2.45) is 5.92 Å². The van der Waals surface area contributed by atoms with Gasteiger partial charge in [-0.25, -0.2) is 14.4 Å². The lowest BCUT2D eigenvalue weighted by atomic mass is 9.81. The van der Waals surface area contributed by atoms with Crippen LogP contribution in [-0.4, -0.2) is 31.8 Å². The van der Waals surface area contributed by atoms with Crippen LogP contribution in [0, 0.1) is 24.1 Å². The number of nitrogens with zero attached hydrogens (tertiary/aromatic N) is 3. The smallest absolute Gasteiger partial charge is 0.216 e. The molecule has 0 spiro atoms. The van der Waals surface area contributed by atoms with Gasteiger partial charge in [0.2, 0.25) is 5.91 Å². The van der Waals surface area contributed by atoms with Crippen LogP contribution in [-0.2, 0) is 4.79 Å². The molecule has 7 nitrogen and oxygen atoms in total. The first kappa shape index (κ1) is 21.0. The summed E-state index contributed by atoms with van der Waals surface area (Å²) in [6, 6.07) is 4.69. The van der Waals surface area contributed by atoms with Crippen LogP contribution in [0.15, 0.2) is 30.6 Å². The Labute approximate surface area is 190 Å². The van der Waals surface area contributed by atoms with E-state index in [0.29, 0.717) is 51.7 Å². The van der Waals surface area contributed by atoms with Crippen LogP contribution in [0.2, 0.25) is 0 Å². The number of benzene rings is 1. The number of nitrogens with one attached hydrogen (secondary N) is 2. The van der Waals surface area contributed by atoms with Gasteiger partial charge in [0.15, 0.2) is 0 Å². The Morgan fingerprint density at radius 2 is 2.15 bits per heavy atom. The zero-order valence-electron chi connectivity index (χ0n) is 18.4. The summed E-state index contributed by atoms with van der Waals surface area (Å²) in [5.41, 5.74) is 9.41. The second-order valence-corrected chi connectivity index (χ2v) is 8.72. The summed E-state index contributed by atoms with van der Waals surface area (Å²) in [5, 5.41) is 3.35. The second-order valence-electron chi connectivity index (χ2n) is 8.72. The first-order chi connectivity index (χ1) is 16.0. The van der Waals surface area contributed by atoms with Crippen molar-refractivity contribution in [3.05, 3.63) is 47.8 Å². The number of rotatable bonds is 4. The Hall–Kier alpha value is -3.86. The molecule has 168 valence electrons. The van der Waals surface area contributed by atoms with E-state index in [2.05, 4.69) is 21.2 Å². The molecule has 1 saturated carbocycles. The van der Waals surface area contributed by atoms with Gasteiger partial charge in [0.1, 0.15) is 28.7 Å². The van der Waals surface area contributed by atoms with Crippen LogP contribution in [0.3, 0.4) is 0 Å². The molecule has 1 fully saturated rings. The van der Waals surface area contributed by atoms with Crippen molar-refractivity contribution in [1.29, 1.82) is 0 Å². The van der Waals surface area contributed by atoms with E-state index in [1.165, 1.54) is 6.07 Å². The van der Waals surface area contributed by atoms with E-state index in [0.717, 1.165) is 31.5 Å². The number of hydrogen-bond acceptors (Lipinski definition) is 4. The first-order valence-corrected chi connectivity index (χ1v) is 11.1. The molecular weight excluding hydrogens is 419 g/mol. The second kappa shape index (κ2) is 8.24. The maximum atomic E-state index is 14.5. The predicted molar refractivity (Wildman–Crippen MR) is 126 cm³/mol. The first-order valence-electron chi connectivity index (χ1n) is 11.1. The van der Waals surface area contributed by atoms with E-state index >= 15 is 0 Å². The zero-order valence-corrected chi connectivity index (χ0v) is 18.4. The summed E-state index contributed by atoms with van der Waals surface area (Å²) in [5.74, 6) is 4.27. The Morgan fingerprint density at radius 1 is 1.36 bits per heavy atom. The molecule has 8 heteroatoms. The number of imidazole rings is 1. The molecule has 0 saturated heterocycles. The fourth-order valence-corrected chi connectivity index (χ4v) is 4.91. The van der Waals surface area contributed by atoms with Gasteiger partial charge in [-0.2, -0.15) is 0 Å². The van der Waals surface area contributed by atoms with E-state index in [1.54, 1.807) is 25.3 Å². The molecule has 0 bridgehead atoms. The van der Waals surface area contributed by atoms with Gasteiger partial charge in [0, 0.05) is 42.7 Å². The topological polar surface area (TPSA) is 101 Å². The third-order valence-corrected chi connectivity index (χ3v) is 6.61. The zero-order chi connectivity index (χ0) is 23.1. The maximum absolute atomic E-state index is 14.5. The third kappa shape index (κ3) is 3.69. The monoisotopic (exact) mass is 444 g/mol. The van der Waals surface area contributed by atoms with Crippen LogP contribution < -0.4 is 11.1 Å². The minimum atomic E-state index is -0.348. The van der Waals surface area contributed by atoms with Gasteiger partial charge in [-0.15, -0.1) is 6.42 Å². The van der Waals surface area contributed by atoms with Gasteiger partial charge < -0.3 is 16.0 Å². The van der Waals surface area contributed by atoms with Crippen LogP contribution in [0.4, 0.5) is 10.2 Å². The SMILES string of the molecule is C#Cc1ccc(F)c2cc(-c3nc([C@H]4CC[C@H](CNC(C)=O)CC4)n4ccnc(N)c34)[nH]c12. The number of H-pyrrole nitrogens is 1. The van der Waals surface area contributed by atoms with Gasteiger partial charge in [0.25, 0.3) is 0 Å². The lowest BCUT2D eigenvalue weighted by Crippen LogP contribution is -2.29. The van der Waals surface area contributed by atoms with Crippen molar-refractivity contribution in [1.82, 2.24) is 24.7 Å². The number of aromatic amines is 1. The van der Waals surface area contributed by atoms with E-state index in [4.69, 9.17) is 17.1 Å². The number of nitrogen functional groups attached to an aromatic ring is 1. The van der Waals surface area contributed by atoms with Crippen molar-refractivity contribution in [2.45, 2.75) is 38.5 Å². The van der Waals surface area contributed by atoms with Crippen molar-refractivity contribution >= 4 is 28.1 Å². The van der Waals surface area contributed by atoms with Gasteiger partial charge >= 0.3 is 0 Å². The van der Waals surface area contributed by atoms with Crippen molar-refractivity contribution < 1.29 is 9.18 Å². The fourth-order valence-electron chi connectivity index (χ4n) is 4.91. The number of carbonyl (C=O) groups is 1. The summed E-state index contributed by atoms with van der Waals surface area (Å²) >= 11 is 0. The van der Waals surface area contributed by atoms with Gasteiger partial charge in [-0.05, 0) is 49.8 Å². The Morgan fingerprint density at radius 3 is 2.88 bits per heavy atom. The summed E-state index contributed by atoms with van der Waals surface area (Å²) in [6.45, 7) is 2.26. The molecule has 4 N–H and O–H groups in total. The molecule has 1 aliphatic carbocycles. The van der Waals surface area contributed by atoms with Crippen LogP contribution in [0.1, 0.15) is 49.9 Å². The van der Waals surface area contributed by atoms with Crippen LogP contribution in [0.25, 0.3) is 27.8 Å². The van der Waals surface area contributed by atoms with E-state index in [1.807, 2.05) is 10.6 Å². The molecular formula is C25H25FN6O. The van der Waals surface area contributed by atoms with Crippen LogP contribution in [0.5, 0.6) is 0 Å². The molecule has 0 unspecified atom stereocenters. The van der Waals surface area contributed by atoms with E-state index in [-0.39, 0.29) is 17.6 Å². The number of hydrogen-bond donors (Lipinski definition) is 3. The number of amides is 1. The number of halogens is 1. The molecule has 4 aromatic rings. The standard InChI is InChI=1S/C25H25FN6O/c1-3-16-8-9-19(26)18-12-20(30-21(16)18)22-23-24(27)28-10-11-32(23)25(31-22)17-6-4-15(5-7-17)13-29-14(2)33/h1,8-12,15,17,30H,4-7,13H2,2H3,(H2,27,28)(H,29,33)/t15-,17-. The maximum Gasteiger partial charge on any atom is 0.216 e. The lowest BCUT2D eigenvalue weighted by molar-refractivity contribution is -0.119. The molecule has 3 aromatic heterocycles. The highest BCUT2D eigenvalue weighted by atomic mass is 19.1. The number of aromatic nitrogens is 4. The van der Waals surface area contributed by atoms with Crippen molar-refractivity contribution in [3.63, 3.8) is 0 Å². The van der Waals surface area contributed by atoms with Crippen LogP contribution >= 0.6 is 0 Å². The minimum Gasteiger partial charge on any atom is -0.382 e. The Balaban J connectivity index is 1.55. The third-order valence-electron chi connectivity index (χ3n) is 6.61. The molecule has 0 atom stereocenters. The van der Waals surface area contributed by atoms with Gasteiger partial charge in [-0.3, -0.25) is 9.20 Å².